The van der Waals surface area contributed by atoms with Gasteiger partial charge in [-0.3, -0.25) is 0 Å². The first kappa shape index (κ1) is 16.9. The van der Waals surface area contributed by atoms with Crippen LogP contribution < -0.4 is 0 Å². The van der Waals surface area contributed by atoms with Crippen LogP contribution in [0.4, 0.5) is 8.78 Å². The van der Waals surface area contributed by atoms with Crippen LogP contribution in [-0.4, -0.2) is 23.6 Å². The number of carbonyl (C=O) groups excluding carboxylic acids is 1. The summed E-state index contributed by atoms with van der Waals surface area (Å²) in [6.07, 6.45) is 1.23. The van der Waals surface area contributed by atoms with Crippen LogP contribution in [0.3, 0.4) is 0 Å². The van der Waals surface area contributed by atoms with Crippen LogP contribution in [0.25, 0.3) is 10.9 Å². The molecule has 1 fully saturated rings. The number of rotatable bonds is 3. The summed E-state index contributed by atoms with van der Waals surface area (Å²) >= 11 is 0. The standard InChI is InChI=1S/C19H23F2NO2/c1-12(14-7-6-10-19(20,21)11-14)22-13(2)17(18(23)24-3)15-8-4-5-9-16(15)22/h4-5,8-9,12,14H,6-7,10-11H2,1-3H3. The van der Waals surface area contributed by atoms with Crippen molar-refractivity contribution < 1.29 is 18.3 Å². The Balaban J connectivity index is 2.09. The number of aromatic nitrogens is 1. The van der Waals surface area contributed by atoms with E-state index in [1.54, 1.807) is 0 Å². The van der Waals surface area contributed by atoms with Gasteiger partial charge in [-0.1, -0.05) is 18.2 Å². The van der Waals surface area contributed by atoms with Crippen LogP contribution in [0.15, 0.2) is 24.3 Å². The number of methoxy groups -OCH3 is 1. The summed E-state index contributed by atoms with van der Waals surface area (Å²) in [6.45, 7) is 3.84. The van der Waals surface area contributed by atoms with Crippen molar-refractivity contribution in [1.82, 2.24) is 4.57 Å². The van der Waals surface area contributed by atoms with Gasteiger partial charge in [0.15, 0.2) is 0 Å². The molecule has 2 aromatic rings. The quantitative estimate of drug-likeness (QED) is 0.729. The molecule has 1 heterocycles. The fourth-order valence-corrected chi connectivity index (χ4v) is 4.11. The third kappa shape index (κ3) is 2.80. The van der Waals surface area contributed by atoms with Crippen LogP contribution in [0, 0.1) is 12.8 Å². The number of hydrogen-bond donors (Lipinski definition) is 0. The van der Waals surface area contributed by atoms with Gasteiger partial charge in [-0.15, -0.1) is 0 Å². The van der Waals surface area contributed by atoms with Gasteiger partial charge in [0.1, 0.15) is 0 Å². The molecule has 5 heteroatoms. The molecule has 0 saturated heterocycles. The maximum absolute atomic E-state index is 13.8. The van der Waals surface area contributed by atoms with Crippen LogP contribution in [-0.2, 0) is 4.74 Å². The first-order valence-corrected chi connectivity index (χ1v) is 8.41. The number of ether oxygens (including phenoxy) is 1. The first-order valence-electron chi connectivity index (χ1n) is 8.41. The maximum Gasteiger partial charge on any atom is 0.340 e. The van der Waals surface area contributed by atoms with Gasteiger partial charge in [0, 0.05) is 35.5 Å². The molecular weight excluding hydrogens is 312 g/mol. The normalized spacial score (nSPS) is 21.6. The van der Waals surface area contributed by atoms with Crippen molar-refractivity contribution in [3.8, 4) is 0 Å². The number of para-hydroxylation sites is 1. The van der Waals surface area contributed by atoms with E-state index >= 15 is 0 Å². The molecule has 3 rings (SSSR count). The van der Waals surface area contributed by atoms with Gasteiger partial charge >= 0.3 is 5.97 Å². The third-order valence-corrected chi connectivity index (χ3v) is 5.31. The van der Waals surface area contributed by atoms with Crippen molar-refractivity contribution in [2.24, 2.45) is 5.92 Å². The summed E-state index contributed by atoms with van der Waals surface area (Å²) in [5, 5.41) is 0.816. The molecule has 2 unspecified atom stereocenters. The lowest BCUT2D eigenvalue weighted by Gasteiger charge is -2.34. The van der Waals surface area contributed by atoms with Crippen LogP contribution in [0.5, 0.6) is 0 Å². The van der Waals surface area contributed by atoms with Gasteiger partial charge in [-0.2, -0.15) is 0 Å². The van der Waals surface area contributed by atoms with Crippen LogP contribution in [0.2, 0.25) is 0 Å². The number of esters is 1. The molecule has 1 aromatic heterocycles. The predicted octanol–water partition coefficient (Wildman–Crippen LogP) is 5.12. The van der Waals surface area contributed by atoms with E-state index in [4.69, 9.17) is 4.74 Å². The highest BCUT2D eigenvalue weighted by molar-refractivity contribution is 6.05. The number of benzene rings is 1. The van der Waals surface area contributed by atoms with Crippen molar-refractivity contribution in [1.29, 1.82) is 0 Å². The van der Waals surface area contributed by atoms with Crippen molar-refractivity contribution in [3.05, 3.63) is 35.5 Å². The molecule has 0 aliphatic heterocycles. The number of nitrogens with zero attached hydrogens (tertiary/aromatic N) is 1. The lowest BCUT2D eigenvalue weighted by molar-refractivity contribution is -0.0594. The highest BCUT2D eigenvalue weighted by atomic mass is 19.3. The molecule has 1 aliphatic carbocycles. The lowest BCUT2D eigenvalue weighted by atomic mass is 9.82. The van der Waals surface area contributed by atoms with E-state index < -0.39 is 5.92 Å². The Morgan fingerprint density at radius 2 is 2.08 bits per heavy atom. The summed E-state index contributed by atoms with van der Waals surface area (Å²) in [5.41, 5.74) is 2.21. The fraction of sp³-hybridized carbons (Fsp3) is 0.526. The number of carbonyl (C=O) groups is 1. The average Bonchev–Trinajstić information content (AvgIpc) is 2.84. The Kier molecular flexibility index (Phi) is 4.37. The summed E-state index contributed by atoms with van der Waals surface area (Å²) in [7, 11) is 1.36. The van der Waals surface area contributed by atoms with E-state index in [1.165, 1.54) is 7.11 Å². The second kappa shape index (κ2) is 6.19. The van der Waals surface area contributed by atoms with Gasteiger partial charge in [0.25, 0.3) is 0 Å². The van der Waals surface area contributed by atoms with E-state index in [0.29, 0.717) is 12.0 Å². The highest BCUT2D eigenvalue weighted by Gasteiger charge is 2.39. The zero-order valence-corrected chi connectivity index (χ0v) is 14.3. The molecule has 0 amide bonds. The Hall–Kier alpha value is -1.91. The molecule has 0 N–H and O–H groups in total. The van der Waals surface area contributed by atoms with E-state index in [2.05, 4.69) is 0 Å². The molecule has 0 spiro atoms. The molecule has 1 aromatic carbocycles. The average molecular weight is 335 g/mol. The van der Waals surface area contributed by atoms with E-state index in [1.807, 2.05) is 42.7 Å². The molecule has 1 saturated carbocycles. The van der Waals surface area contributed by atoms with Gasteiger partial charge < -0.3 is 9.30 Å². The molecule has 0 radical (unpaired) electrons. The largest absolute Gasteiger partial charge is 0.465 e. The first-order chi connectivity index (χ1) is 11.4. The lowest BCUT2D eigenvalue weighted by Crippen LogP contribution is -2.31. The van der Waals surface area contributed by atoms with Gasteiger partial charge in [0.05, 0.1) is 12.7 Å². The topological polar surface area (TPSA) is 31.2 Å². The maximum atomic E-state index is 13.8. The Bertz CT molecular complexity index is 766. The molecule has 0 bridgehead atoms. The Morgan fingerprint density at radius 1 is 1.38 bits per heavy atom. The third-order valence-electron chi connectivity index (χ3n) is 5.31. The Morgan fingerprint density at radius 3 is 2.75 bits per heavy atom. The minimum atomic E-state index is -2.58. The summed E-state index contributed by atoms with van der Waals surface area (Å²) in [6, 6.07) is 7.50. The van der Waals surface area contributed by atoms with Gasteiger partial charge in [-0.25, -0.2) is 13.6 Å². The number of halogens is 2. The molecule has 24 heavy (non-hydrogen) atoms. The predicted molar refractivity (Wildman–Crippen MR) is 89.6 cm³/mol. The Labute approximate surface area is 140 Å². The molecule has 2 atom stereocenters. The van der Waals surface area contributed by atoms with Crippen molar-refractivity contribution in [2.45, 2.75) is 51.5 Å². The fourth-order valence-electron chi connectivity index (χ4n) is 4.11. The summed E-state index contributed by atoms with van der Waals surface area (Å²) < 4.78 is 34.7. The van der Waals surface area contributed by atoms with Gasteiger partial charge in [0.2, 0.25) is 5.92 Å². The monoisotopic (exact) mass is 335 g/mol. The summed E-state index contributed by atoms with van der Waals surface area (Å²) in [4.78, 5) is 12.2. The van der Waals surface area contributed by atoms with E-state index in [-0.39, 0.29) is 30.8 Å². The SMILES string of the molecule is COC(=O)c1c(C)n(C(C)C2CCCC(F)(F)C2)c2ccccc12. The van der Waals surface area contributed by atoms with E-state index in [0.717, 1.165) is 23.0 Å². The van der Waals surface area contributed by atoms with Crippen molar-refractivity contribution in [3.63, 3.8) is 0 Å². The minimum absolute atomic E-state index is 0.0188. The molecule has 3 nitrogen and oxygen atoms in total. The van der Waals surface area contributed by atoms with E-state index in [9.17, 15) is 13.6 Å². The zero-order chi connectivity index (χ0) is 17.5. The highest BCUT2D eigenvalue weighted by Crippen LogP contribution is 2.43. The summed E-state index contributed by atoms with van der Waals surface area (Å²) in [5.74, 6) is -3.07. The number of fused-ring (bicyclic) bond motifs is 1. The second-order valence-corrected chi connectivity index (χ2v) is 6.79. The minimum Gasteiger partial charge on any atom is -0.465 e. The number of alkyl halides is 2. The molecular formula is C19H23F2NO2. The molecule has 1 aliphatic rings. The van der Waals surface area contributed by atoms with Crippen LogP contribution >= 0.6 is 0 Å². The smallest absolute Gasteiger partial charge is 0.340 e. The number of hydrogen-bond acceptors (Lipinski definition) is 2. The van der Waals surface area contributed by atoms with Crippen molar-refractivity contribution in [2.75, 3.05) is 7.11 Å². The van der Waals surface area contributed by atoms with Gasteiger partial charge in [-0.05, 0) is 38.7 Å². The zero-order valence-electron chi connectivity index (χ0n) is 14.3. The van der Waals surface area contributed by atoms with Crippen LogP contribution in [0.1, 0.15) is 54.7 Å². The second-order valence-electron chi connectivity index (χ2n) is 6.79. The molecule has 130 valence electrons. The van der Waals surface area contributed by atoms with Crippen molar-refractivity contribution >= 4 is 16.9 Å².